The molecule has 0 bridgehead atoms. The number of rotatable bonds is 5. The van der Waals surface area contributed by atoms with Gasteiger partial charge in [0.25, 0.3) is 0 Å². The first-order valence-electron chi connectivity index (χ1n) is 5.68. The zero-order valence-electron chi connectivity index (χ0n) is 9.97. The van der Waals surface area contributed by atoms with Crippen LogP contribution >= 0.6 is 11.6 Å². The highest BCUT2D eigenvalue weighted by Crippen LogP contribution is 2.30. The Labute approximate surface area is 111 Å². The first kappa shape index (κ1) is 12.6. The Morgan fingerprint density at radius 3 is 2.67 bits per heavy atom. The van der Waals surface area contributed by atoms with Crippen LogP contribution in [0.5, 0.6) is 17.4 Å². The van der Waals surface area contributed by atoms with Crippen molar-refractivity contribution in [1.82, 2.24) is 9.97 Å². The maximum absolute atomic E-state index is 5.70. The first-order valence-corrected chi connectivity index (χ1v) is 6.05. The Morgan fingerprint density at radius 1 is 1.17 bits per heavy atom. The molecule has 0 N–H and O–H groups in total. The number of nitrogens with zero attached hydrogens (tertiary/aromatic N) is 2. The molecule has 0 radical (unpaired) electrons. The van der Waals surface area contributed by atoms with Gasteiger partial charge in [0.2, 0.25) is 11.2 Å². The lowest BCUT2D eigenvalue weighted by atomic mass is 10.3. The van der Waals surface area contributed by atoms with Crippen LogP contribution in [-0.2, 0) is 0 Å². The quantitative estimate of drug-likeness (QED) is 0.772. The topological polar surface area (TPSA) is 44.2 Å². The van der Waals surface area contributed by atoms with Crippen molar-refractivity contribution in [3.63, 3.8) is 0 Å². The summed E-state index contributed by atoms with van der Waals surface area (Å²) in [5.74, 6) is 1.69. The van der Waals surface area contributed by atoms with Crippen molar-refractivity contribution in [1.29, 1.82) is 0 Å². The van der Waals surface area contributed by atoms with Crippen LogP contribution < -0.4 is 9.47 Å². The summed E-state index contributed by atoms with van der Waals surface area (Å²) in [5.41, 5.74) is 0. The Bertz CT molecular complexity index is 520. The maximum Gasteiger partial charge on any atom is 0.225 e. The minimum atomic E-state index is 0.152. The number of ether oxygens (including phenoxy) is 2. The number of para-hydroxylation sites is 2. The molecule has 0 saturated carbocycles. The third kappa shape index (κ3) is 3.34. The van der Waals surface area contributed by atoms with E-state index in [4.69, 9.17) is 21.1 Å². The largest absolute Gasteiger partial charge is 0.490 e. The average molecular weight is 265 g/mol. The lowest BCUT2D eigenvalue weighted by Crippen LogP contribution is -1.98. The fraction of sp³-hybridized carbons (Fsp3) is 0.231. The van der Waals surface area contributed by atoms with E-state index in [-0.39, 0.29) is 5.28 Å². The van der Waals surface area contributed by atoms with Crippen molar-refractivity contribution in [3.8, 4) is 17.4 Å². The predicted octanol–water partition coefficient (Wildman–Crippen LogP) is 3.71. The SMILES string of the molecule is CCCOc1ccccc1Oc1ccnc(Cl)n1. The van der Waals surface area contributed by atoms with Crippen LogP contribution in [0.3, 0.4) is 0 Å². The van der Waals surface area contributed by atoms with Gasteiger partial charge in [0.15, 0.2) is 11.5 Å². The lowest BCUT2D eigenvalue weighted by Gasteiger charge is -2.10. The van der Waals surface area contributed by atoms with E-state index in [2.05, 4.69) is 9.97 Å². The summed E-state index contributed by atoms with van der Waals surface area (Å²) in [4.78, 5) is 7.76. The van der Waals surface area contributed by atoms with Crippen LogP contribution in [0.4, 0.5) is 0 Å². The van der Waals surface area contributed by atoms with Crippen molar-refractivity contribution in [2.45, 2.75) is 13.3 Å². The molecule has 1 aromatic carbocycles. The summed E-state index contributed by atoms with van der Waals surface area (Å²) in [6, 6.07) is 9.08. The molecule has 18 heavy (non-hydrogen) atoms. The molecular weight excluding hydrogens is 252 g/mol. The third-order valence-corrected chi connectivity index (χ3v) is 2.31. The van der Waals surface area contributed by atoms with Gasteiger partial charge in [0.1, 0.15) is 0 Å². The molecule has 94 valence electrons. The van der Waals surface area contributed by atoms with Crippen molar-refractivity contribution >= 4 is 11.6 Å². The highest BCUT2D eigenvalue weighted by atomic mass is 35.5. The second-order valence-corrected chi connectivity index (χ2v) is 3.90. The van der Waals surface area contributed by atoms with E-state index in [9.17, 15) is 0 Å². The molecule has 4 nitrogen and oxygen atoms in total. The Kier molecular flexibility index (Phi) is 4.36. The Hall–Kier alpha value is -1.81. The van der Waals surface area contributed by atoms with Gasteiger partial charge in [-0.1, -0.05) is 19.1 Å². The molecule has 2 aromatic rings. The molecular formula is C13H13ClN2O2. The fourth-order valence-electron chi connectivity index (χ4n) is 1.35. The zero-order chi connectivity index (χ0) is 12.8. The number of halogens is 1. The molecule has 0 fully saturated rings. The van der Waals surface area contributed by atoms with Gasteiger partial charge >= 0.3 is 0 Å². The van der Waals surface area contributed by atoms with E-state index < -0.39 is 0 Å². The molecule has 0 aliphatic heterocycles. The monoisotopic (exact) mass is 264 g/mol. The second kappa shape index (κ2) is 6.21. The smallest absolute Gasteiger partial charge is 0.225 e. The van der Waals surface area contributed by atoms with Gasteiger partial charge in [-0.2, -0.15) is 4.98 Å². The van der Waals surface area contributed by atoms with Gasteiger partial charge in [0.05, 0.1) is 6.61 Å². The van der Waals surface area contributed by atoms with Gasteiger partial charge in [-0.25, -0.2) is 4.98 Å². The summed E-state index contributed by atoms with van der Waals surface area (Å²) in [5, 5.41) is 0.152. The first-order chi connectivity index (χ1) is 8.79. The lowest BCUT2D eigenvalue weighted by molar-refractivity contribution is 0.300. The van der Waals surface area contributed by atoms with Crippen LogP contribution in [0, 0.1) is 0 Å². The fourth-order valence-corrected chi connectivity index (χ4v) is 1.49. The van der Waals surface area contributed by atoms with Crippen LogP contribution in [0.25, 0.3) is 0 Å². The minimum absolute atomic E-state index is 0.152. The van der Waals surface area contributed by atoms with E-state index in [1.807, 2.05) is 31.2 Å². The molecule has 0 atom stereocenters. The molecule has 1 aromatic heterocycles. The summed E-state index contributed by atoms with van der Waals surface area (Å²) in [7, 11) is 0. The van der Waals surface area contributed by atoms with E-state index in [1.54, 1.807) is 12.3 Å². The number of aromatic nitrogens is 2. The molecule has 5 heteroatoms. The molecule has 0 aliphatic carbocycles. The van der Waals surface area contributed by atoms with E-state index in [1.165, 1.54) is 0 Å². The van der Waals surface area contributed by atoms with Crippen LogP contribution in [0.15, 0.2) is 36.5 Å². The number of hydrogen-bond acceptors (Lipinski definition) is 4. The van der Waals surface area contributed by atoms with Crippen molar-refractivity contribution in [2.75, 3.05) is 6.61 Å². The van der Waals surface area contributed by atoms with E-state index in [0.29, 0.717) is 24.0 Å². The van der Waals surface area contributed by atoms with Gasteiger partial charge < -0.3 is 9.47 Å². The summed E-state index contributed by atoms with van der Waals surface area (Å²) in [6.45, 7) is 2.69. The maximum atomic E-state index is 5.70. The van der Waals surface area contributed by atoms with Gasteiger partial charge in [-0.3, -0.25) is 0 Å². The van der Waals surface area contributed by atoms with Crippen molar-refractivity contribution in [3.05, 3.63) is 41.8 Å². The molecule has 0 unspecified atom stereocenters. The summed E-state index contributed by atoms with van der Waals surface area (Å²) < 4.78 is 11.2. The van der Waals surface area contributed by atoms with Gasteiger partial charge in [-0.15, -0.1) is 0 Å². The standard InChI is InChI=1S/C13H13ClN2O2/c1-2-9-17-10-5-3-4-6-11(10)18-12-7-8-15-13(14)16-12/h3-8H,2,9H2,1H3. The molecule has 0 saturated heterocycles. The summed E-state index contributed by atoms with van der Waals surface area (Å²) >= 11 is 5.70. The van der Waals surface area contributed by atoms with Crippen LogP contribution in [0.2, 0.25) is 5.28 Å². The number of hydrogen-bond donors (Lipinski definition) is 0. The Balaban J connectivity index is 2.17. The molecule has 0 spiro atoms. The van der Waals surface area contributed by atoms with Crippen LogP contribution in [-0.4, -0.2) is 16.6 Å². The predicted molar refractivity (Wildman–Crippen MR) is 69.3 cm³/mol. The normalized spacial score (nSPS) is 10.1. The average Bonchev–Trinajstić information content (AvgIpc) is 2.38. The third-order valence-electron chi connectivity index (χ3n) is 2.13. The second-order valence-electron chi connectivity index (χ2n) is 3.56. The van der Waals surface area contributed by atoms with Gasteiger partial charge in [-0.05, 0) is 30.2 Å². The highest BCUT2D eigenvalue weighted by molar-refractivity contribution is 6.28. The van der Waals surface area contributed by atoms with E-state index in [0.717, 1.165) is 6.42 Å². The highest BCUT2D eigenvalue weighted by Gasteiger charge is 2.06. The van der Waals surface area contributed by atoms with Crippen molar-refractivity contribution in [2.24, 2.45) is 0 Å². The minimum Gasteiger partial charge on any atom is -0.490 e. The molecule has 0 amide bonds. The van der Waals surface area contributed by atoms with Crippen molar-refractivity contribution < 1.29 is 9.47 Å². The molecule has 1 heterocycles. The van der Waals surface area contributed by atoms with Crippen LogP contribution in [0.1, 0.15) is 13.3 Å². The Morgan fingerprint density at radius 2 is 1.94 bits per heavy atom. The molecule has 2 rings (SSSR count). The molecule has 0 aliphatic rings. The van der Waals surface area contributed by atoms with E-state index >= 15 is 0 Å². The zero-order valence-corrected chi connectivity index (χ0v) is 10.7. The summed E-state index contributed by atoms with van der Waals surface area (Å²) in [6.07, 6.45) is 2.48. The van der Waals surface area contributed by atoms with Gasteiger partial charge in [0, 0.05) is 12.3 Å². The number of benzene rings is 1.